The predicted molar refractivity (Wildman–Crippen MR) is 87.3 cm³/mol. The Morgan fingerprint density at radius 2 is 2.04 bits per heavy atom. The van der Waals surface area contributed by atoms with Crippen LogP contribution in [0.5, 0.6) is 0 Å². The van der Waals surface area contributed by atoms with Crippen LogP contribution in [0.4, 0.5) is 0 Å². The molecule has 122 valence electrons. The third kappa shape index (κ3) is 4.14. The van der Waals surface area contributed by atoms with E-state index < -0.39 is 24.5 Å². The second kappa shape index (κ2) is 7.85. The van der Waals surface area contributed by atoms with E-state index in [1.54, 1.807) is 5.38 Å². The molecule has 0 bridgehead atoms. The third-order valence-electron chi connectivity index (χ3n) is 3.32. The van der Waals surface area contributed by atoms with Crippen molar-refractivity contribution < 1.29 is 19.4 Å². The molecule has 1 aromatic carbocycles. The van der Waals surface area contributed by atoms with Crippen LogP contribution in [0.25, 0.3) is 10.6 Å². The average Bonchev–Trinajstić information content (AvgIpc) is 3.09. The van der Waals surface area contributed by atoms with Gasteiger partial charge in [0.05, 0.1) is 13.7 Å². The van der Waals surface area contributed by atoms with Crippen LogP contribution < -0.4 is 5.32 Å². The highest BCUT2D eigenvalue weighted by molar-refractivity contribution is 7.13. The number of ether oxygens (including phenoxy) is 1. The van der Waals surface area contributed by atoms with Crippen LogP contribution >= 0.6 is 11.3 Å². The summed E-state index contributed by atoms with van der Waals surface area (Å²) in [5, 5.41) is 13.9. The first-order valence-corrected chi connectivity index (χ1v) is 8.01. The van der Waals surface area contributed by atoms with E-state index in [1.807, 2.05) is 24.3 Å². The summed E-state index contributed by atoms with van der Waals surface area (Å²) in [6.07, 6.45) is 0.960. The van der Waals surface area contributed by atoms with Gasteiger partial charge in [0.25, 0.3) is 5.91 Å². The van der Waals surface area contributed by atoms with Crippen LogP contribution in [0.15, 0.2) is 29.6 Å². The van der Waals surface area contributed by atoms with Gasteiger partial charge in [-0.05, 0) is 12.0 Å². The smallest absolute Gasteiger partial charge is 0.330 e. The normalized spacial score (nSPS) is 11.8. The number of hydrogen-bond donors (Lipinski definition) is 2. The molecule has 2 N–H and O–H groups in total. The number of aryl methyl sites for hydroxylation is 1. The van der Waals surface area contributed by atoms with Gasteiger partial charge in [-0.3, -0.25) is 4.79 Å². The highest BCUT2D eigenvalue weighted by Crippen LogP contribution is 2.24. The number of carbonyl (C=O) groups is 2. The Balaban J connectivity index is 2.11. The lowest BCUT2D eigenvalue weighted by molar-refractivity contribution is -0.143. The maximum atomic E-state index is 12.1. The Bertz CT molecular complexity index is 682. The molecule has 1 aromatic heterocycles. The van der Waals surface area contributed by atoms with Crippen molar-refractivity contribution in [2.75, 3.05) is 13.7 Å². The van der Waals surface area contributed by atoms with Crippen LogP contribution in [0, 0.1) is 0 Å². The maximum absolute atomic E-state index is 12.1. The minimum atomic E-state index is -1.10. The molecule has 0 spiro atoms. The summed E-state index contributed by atoms with van der Waals surface area (Å²) in [5.74, 6) is -1.23. The Morgan fingerprint density at radius 3 is 2.61 bits per heavy atom. The number of nitrogens with zero attached hydrogens (tertiary/aromatic N) is 1. The van der Waals surface area contributed by atoms with E-state index >= 15 is 0 Å². The average molecular weight is 334 g/mol. The number of thiazole rings is 1. The van der Waals surface area contributed by atoms with Crippen LogP contribution in [0.2, 0.25) is 0 Å². The lowest BCUT2D eigenvalue weighted by Gasteiger charge is -2.12. The quantitative estimate of drug-likeness (QED) is 0.784. The van der Waals surface area contributed by atoms with E-state index in [2.05, 4.69) is 22.0 Å². The number of aromatic nitrogens is 1. The maximum Gasteiger partial charge on any atom is 0.330 e. The molecule has 0 aliphatic carbocycles. The summed E-state index contributed by atoms with van der Waals surface area (Å²) in [6, 6.07) is 6.88. The minimum Gasteiger partial charge on any atom is -0.467 e. The summed E-state index contributed by atoms with van der Waals surface area (Å²) in [4.78, 5) is 27.8. The van der Waals surface area contributed by atoms with Gasteiger partial charge in [0.1, 0.15) is 10.7 Å². The third-order valence-corrected chi connectivity index (χ3v) is 4.21. The van der Waals surface area contributed by atoms with Gasteiger partial charge >= 0.3 is 5.97 Å². The van der Waals surface area contributed by atoms with Crippen molar-refractivity contribution in [3.63, 3.8) is 0 Å². The molecule has 23 heavy (non-hydrogen) atoms. The molecule has 1 amide bonds. The molecular weight excluding hydrogens is 316 g/mol. The largest absolute Gasteiger partial charge is 0.467 e. The molecule has 0 fully saturated rings. The molecule has 1 unspecified atom stereocenters. The Kier molecular flexibility index (Phi) is 5.84. The van der Waals surface area contributed by atoms with Gasteiger partial charge in [-0.25, -0.2) is 9.78 Å². The molecule has 1 atom stereocenters. The summed E-state index contributed by atoms with van der Waals surface area (Å²) in [5.41, 5.74) is 2.36. The molecule has 2 rings (SSSR count). The number of rotatable bonds is 6. The second-order valence-corrected chi connectivity index (χ2v) is 5.68. The molecule has 6 nitrogen and oxygen atoms in total. The Hall–Kier alpha value is -2.25. The number of benzene rings is 1. The van der Waals surface area contributed by atoms with Gasteiger partial charge in [0.15, 0.2) is 6.04 Å². The molecule has 0 aliphatic heterocycles. The summed E-state index contributed by atoms with van der Waals surface area (Å²) < 4.78 is 4.50. The first-order chi connectivity index (χ1) is 11.1. The SMILES string of the molecule is CCc1ccc(-c2nc(C(=O)NC(CO)C(=O)OC)cs2)cc1. The fourth-order valence-electron chi connectivity index (χ4n) is 1.95. The molecule has 0 saturated heterocycles. The van der Waals surface area contributed by atoms with Crippen molar-refractivity contribution in [3.8, 4) is 10.6 Å². The van der Waals surface area contributed by atoms with Crippen molar-refractivity contribution in [3.05, 3.63) is 40.9 Å². The number of esters is 1. The first-order valence-electron chi connectivity index (χ1n) is 7.13. The van der Waals surface area contributed by atoms with Gasteiger partial charge < -0.3 is 15.2 Å². The minimum absolute atomic E-state index is 0.201. The molecule has 0 saturated carbocycles. The standard InChI is InChI=1S/C16H18N2O4S/c1-3-10-4-6-11(7-5-10)15-18-13(9-23-15)14(20)17-12(8-19)16(21)22-2/h4-7,9,12,19H,3,8H2,1-2H3,(H,17,20). The van der Waals surface area contributed by atoms with E-state index in [9.17, 15) is 9.59 Å². The molecule has 0 radical (unpaired) electrons. The lowest BCUT2D eigenvalue weighted by atomic mass is 10.1. The Labute approximate surface area is 138 Å². The van der Waals surface area contributed by atoms with Crippen molar-refractivity contribution in [2.45, 2.75) is 19.4 Å². The van der Waals surface area contributed by atoms with Crippen molar-refractivity contribution in [2.24, 2.45) is 0 Å². The van der Waals surface area contributed by atoms with Gasteiger partial charge in [-0.2, -0.15) is 0 Å². The summed E-state index contributed by atoms with van der Waals surface area (Å²) in [7, 11) is 1.19. The zero-order valence-corrected chi connectivity index (χ0v) is 13.7. The van der Waals surface area contributed by atoms with Gasteiger partial charge in [0, 0.05) is 10.9 Å². The van der Waals surface area contributed by atoms with Crippen LogP contribution in [-0.4, -0.2) is 41.7 Å². The monoisotopic (exact) mass is 334 g/mol. The zero-order chi connectivity index (χ0) is 16.8. The van der Waals surface area contributed by atoms with Crippen molar-refractivity contribution >= 4 is 23.2 Å². The van der Waals surface area contributed by atoms with Gasteiger partial charge in [0.2, 0.25) is 0 Å². The van der Waals surface area contributed by atoms with Crippen LogP contribution in [0.1, 0.15) is 23.0 Å². The van der Waals surface area contributed by atoms with E-state index in [0.29, 0.717) is 0 Å². The number of amides is 1. The fraction of sp³-hybridized carbons (Fsp3) is 0.312. The number of nitrogens with one attached hydrogen (secondary N) is 1. The van der Waals surface area contributed by atoms with Crippen molar-refractivity contribution in [1.82, 2.24) is 10.3 Å². The highest BCUT2D eigenvalue weighted by atomic mass is 32.1. The highest BCUT2D eigenvalue weighted by Gasteiger charge is 2.22. The van der Waals surface area contributed by atoms with Crippen molar-refractivity contribution in [1.29, 1.82) is 0 Å². The molecule has 0 aliphatic rings. The van der Waals surface area contributed by atoms with E-state index in [-0.39, 0.29) is 5.69 Å². The number of carbonyl (C=O) groups excluding carboxylic acids is 2. The van der Waals surface area contributed by atoms with E-state index in [1.165, 1.54) is 24.0 Å². The fourth-order valence-corrected chi connectivity index (χ4v) is 2.75. The Morgan fingerprint density at radius 1 is 1.35 bits per heavy atom. The van der Waals surface area contributed by atoms with Crippen LogP contribution in [0.3, 0.4) is 0 Å². The number of aliphatic hydroxyl groups excluding tert-OH is 1. The zero-order valence-electron chi connectivity index (χ0n) is 12.9. The van der Waals surface area contributed by atoms with Gasteiger partial charge in [-0.1, -0.05) is 31.2 Å². The molecule has 7 heteroatoms. The second-order valence-electron chi connectivity index (χ2n) is 4.82. The first kappa shape index (κ1) is 17.1. The molecular formula is C16H18N2O4S. The number of hydrogen-bond acceptors (Lipinski definition) is 6. The van der Waals surface area contributed by atoms with E-state index in [0.717, 1.165) is 17.0 Å². The predicted octanol–water partition coefficient (Wildman–Crippen LogP) is 1.64. The van der Waals surface area contributed by atoms with Crippen LogP contribution in [-0.2, 0) is 16.0 Å². The molecule has 2 aromatic rings. The summed E-state index contributed by atoms with van der Waals surface area (Å²) >= 11 is 1.34. The number of aliphatic hydroxyl groups is 1. The molecule has 1 heterocycles. The topological polar surface area (TPSA) is 88.5 Å². The number of methoxy groups -OCH3 is 1. The lowest BCUT2D eigenvalue weighted by Crippen LogP contribution is -2.44. The van der Waals surface area contributed by atoms with Gasteiger partial charge in [-0.15, -0.1) is 11.3 Å². The van der Waals surface area contributed by atoms with E-state index in [4.69, 9.17) is 5.11 Å². The summed E-state index contributed by atoms with van der Waals surface area (Å²) in [6.45, 7) is 1.55.